The van der Waals surface area contributed by atoms with Crippen LogP contribution in [0.4, 0.5) is 0 Å². The Labute approximate surface area is 114 Å². The van der Waals surface area contributed by atoms with Crippen molar-refractivity contribution in [1.29, 1.82) is 0 Å². The summed E-state index contributed by atoms with van der Waals surface area (Å²) in [5.41, 5.74) is 4.21. The summed E-state index contributed by atoms with van der Waals surface area (Å²) in [5.74, 6) is 0. The third-order valence-corrected chi connectivity index (χ3v) is 3.78. The zero-order chi connectivity index (χ0) is 13.1. The monoisotopic (exact) mass is 253 g/mol. The highest BCUT2D eigenvalue weighted by Crippen LogP contribution is 2.21. The van der Waals surface area contributed by atoms with Crippen molar-refractivity contribution in [2.75, 3.05) is 0 Å². The summed E-state index contributed by atoms with van der Waals surface area (Å²) in [4.78, 5) is 0. The fraction of sp³-hybridized carbons (Fsp3) is 0.312. The maximum Gasteiger partial charge on any atom is 0.0538 e. The third kappa shape index (κ3) is 2.76. The van der Waals surface area contributed by atoms with Crippen molar-refractivity contribution in [2.45, 2.75) is 31.8 Å². The van der Waals surface area contributed by atoms with Gasteiger partial charge in [0.05, 0.1) is 6.20 Å². The molecule has 0 fully saturated rings. The molecule has 0 amide bonds. The topological polar surface area (TPSA) is 29.9 Å². The normalized spacial score (nSPS) is 18.0. The van der Waals surface area contributed by atoms with Crippen LogP contribution >= 0.6 is 0 Å². The van der Waals surface area contributed by atoms with Crippen LogP contribution in [0.5, 0.6) is 0 Å². The number of benzene rings is 1. The van der Waals surface area contributed by atoms with Crippen LogP contribution < -0.4 is 5.32 Å². The molecule has 0 saturated heterocycles. The molecule has 0 radical (unpaired) electrons. The number of nitrogens with one attached hydrogen (secondary N) is 1. The van der Waals surface area contributed by atoms with Crippen molar-refractivity contribution in [3.8, 4) is 0 Å². The summed E-state index contributed by atoms with van der Waals surface area (Å²) in [6.45, 7) is 4.57. The summed E-state index contributed by atoms with van der Waals surface area (Å²) in [6, 6.07) is 9.34. The molecule has 0 aliphatic heterocycles. The van der Waals surface area contributed by atoms with Gasteiger partial charge in [0.25, 0.3) is 0 Å². The number of hydrogen-bond acceptors (Lipinski definition) is 2. The van der Waals surface area contributed by atoms with Gasteiger partial charge in [0, 0.05) is 30.5 Å². The van der Waals surface area contributed by atoms with E-state index in [0.717, 1.165) is 13.0 Å². The minimum atomic E-state index is 0.571. The van der Waals surface area contributed by atoms with Crippen molar-refractivity contribution in [2.24, 2.45) is 0 Å². The summed E-state index contributed by atoms with van der Waals surface area (Å²) in [6.07, 6.45) is 9.14. The predicted octanol–water partition coefficient (Wildman–Crippen LogP) is 2.63. The molecule has 3 rings (SSSR count). The van der Waals surface area contributed by atoms with Gasteiger partial charge in [0.2, 0.25) is 0 Å². The lowest BCUT2D eigenvalue weighted by Gasteiger charge is -2.25. The maximum absolute atomic E-state index is 4.19. The van der Waals surface area contributed by atoms with Crippen LogP contribution in [-0.4, -0.2) is 15.8 Å². The lowest BCUT2D eigenvalue weighted by atomic mass is 9.88. The molecule has 3 heteroatoms. The lowest BCUT2D eigenvalue weighted by molar-refractivity contribution is 0.457. The van der Waals surface area contributed by atoms with Crippen molar-refractivity contribution in [3.05, 3.63) is 59.9 Å². The molecular weight excluding hydrogens is 234 g/mol. The SMILES string of the molecule is C=Cn1cc(CNC2CCc3ccccc3C2)cn1. The van der Waals surface area contributed by atoms with Gasteiger partial charge in [-0.2, -0.15) is 5.10 Å². The Kier molecular flexibility index (Phi) is 3.47. The molecule has 1 unspecified atom stereocenters. The highest BCUT2D eigenvalue weighted by Gasteiger charge is 2.17. The number of aryl methyl sites for hydroxylation is 1. The van der Waals surface area contributed by atoms with Crippen molar-refractivity contribution in [1.82, 2.24) is 15.1 Å². The summed E-state index contributed by atoms with van der Waals surface area (Å²) >= 11 is 0. The first kappa shape index (κ1) is 12.2. The molecule has 1 aromatic carbocycles. The van der Waals surface area contributed by atoms with E-state index < -0.39 is 0 Å². The zero-order valence-electron chi connectivity index (χ0n) is 11.0. The second-order valence-electron chi connectivity index (χ2n) is 5.10. The summed E-state index contributed by atoms with van der Waals surface area (Å²) < 4.78 is 1.74. The smallest absolute Gasteiger partial charge is 0.0538 e. The number of rotatable bonds is 4. The average Bonchev–Trinajstić information content (AvgIpc) is 2.93. The van der Waals surface area contributed by atoms with Crippen LogP contribution in [0.25, 0.3) is 6.20 Å². The molecule has 0 saturated carbocycles. The molecule has 1 atom stereocenters. The molecule has 98 valence electrons. The fourth-order valence-corrected chi connectivity index (χ4v) is 2.70. The van der Waals surface area contributed by atoms with Crippen LogP contribution in [0.1, 0.15) is 23.1 Å². The first-order valence-electron chi connectivity index (χ1n) is 6.81. The number of hydrogen-bond donors (Lipinski definition) is 1. The molecule has 0 bridgehead atoms. The molecular formula is C16H19N3. The Morgan fingerprint density at radius 3 is 3.00 bits per heavy atom. The van der Waals surface area contributed by atoms with Crippen molar-refractivity contribution in [3.63, 3.8) is 0 Å². The van der Waals surface area contributed by atoms with Crippen LogP contribution in [0.15, 0.2) is 43.2 Å². The highest BCUT2D eigenvalue weighted by atomic mass is 15.2. The van der Waals surface area contributed by atoms with E-state index >= 15 is 0 Å². The molecule has 19 heavy (non-hydrogen) atoms. The molecule has 1 N–H and O–H groups in total. The van der Waals surface area contributed by atoms with Crippen LogP contribution in [-0.2, 0) is 19.4 Å². The summed E-state index contributed by atoms with van der Waals surface area (Å²) in [7, 11) is 0. The molecule has 2 aromatic rings. The second kappa shape index (κ2) is 5.41. The van der Waals surface area contributed by atoms with Gasteiger partial charge in [-0.3, -0.25) is 0 Å². The molecule has 1 aliphatic carbocycles. The van der Waals surface area contributed by atoms with Gasteiger partial charge in [-0.15, -0.1) is 0 Å². The minimum Gasteiger partial charge on any atom is -0.309 e. The highest BCUT2D eigenvalue weighted by molar-refractivity contribution is 5.30. The molecule has 1 heterocycles. The number of nitrogens with zero attached hydrogens (tertiary/aromatic N) is 2. The molecule has 1 aromatic heterocycles. The van der Waals surface area contributed by atoms with E-state index in [4.69, 9.17) is 0 Å². The van der Waals surface area contributed by atoms with Crippen molar-refractivity contribution >= 4 is 6.20 Å². The first-order chi connectivity index (χ1) is 9.35. The van der Waals surface area contributed by atoms with Crippen LogP contribution in [0.3, 0.4) is 0 Å². The van der Waals surface area contributed by atoms with E-state index in [1.165, 1.54) is 29.5 Å². The Balaban J connectivity index is 1.59. The Bertz CT molecular complexity index is 571. The van der Waals surface area contributed by atoms with Gasteiger partial charge in [-0.25, -0.2) is 4.68 Å². The van der Waals surface area contributed by atoms with E-state index in [-0.39, 0.29) is 0 Å². The second-order valence-corrected chi connectivity index (χ2v) is 5.10. The van der Waals surface area contributed by atoms with Gasteiger partial charge in [-0.1, -0.05) is 30.8 Å². The Morgan fingerprint density at radius 1 is 1.37 bits per heavy atom. The quantitative estimate of drug-likeness (QED) is 0.907. The maximum atomic E-state index is 4.19. The molecule has 3 nitrogen and oxygen atoms in total. The van der Waals surface area contributed by atoms with Crippen molar-refractivity contribution < 1.29 is 0 Å². The molecule has 0 spiro atoms. The average molecular weight is 253 g/mol. The van der Waals surface area contributed by atoms with Crippen LogP contribution in [0, 0.1) is 0 Å². The van der Waals surface area contributed by atoms with Gasteiger partial charge >= 0.3 is 0 Å². The van der Waals surface area contributed by atoms with E-state index in [0.29, 0.717) is 6.04 Å². The van der Waals surface area contributed by atoms with E-state index in [1.54, 1.807) is 10.9 Å². The van der Waals surface area contributed by atoms with Gasteiger partial charge in [0.15, 0.2) is 0 Å². The largest absolute Gasteiger partial charge is 0.309 e. The standard InChI is InChI=1S/C16H19N3/c1-2-19-12-13(11-18-19)10-17-16-8-7-14-5-3-4-6-15(14)9-16/h2-6,11-12,16-17H,1,7-10H2. The van der Waals surface area contributed by atoms with Gasteiger partial charge in [-0.05, 0) is 30.4 Å². The van der Waals surface area contributed by atoms with Gasteiger partial charge in [0.1, 0.15) is 0 Å². The number of aromatic nitrogens is 2. The Hall–Kier alpha value is -1.87. The fourth-order valence-electron chi connectivity index (χ4n) is 2.70. The predicted molar refractivity (Wildman–Crippen MR) is 77.7 cm³/mol. The molecule has 1 aliphatic rings. The summed E-state index contributed by atoms with van der Waals surface area (Å²) in [5, 5.41) is 7.82. The zero-order valence-corrected chi connectivity index (χ0v) is 11.0. The Morgan fingerprint density at radius 2 is 2.21 bits per heavy atom. The van der Waals surface area contributed by atoms with E-state index in [1.807, 2.05) is 12.4 Å². The lowest BCUT2D eigenvalue weighted by Crippen LogP contribution is -2.33. The first-order valence-corrected chi connectivity index (χ1v) is 6.81. The van der Waals surface area contributed by atoms with Crippen LogP contribution in [0.2, 0.25) is 0 Å². The van der Waals surface area contributed by atoms with E-state index in [9.17, 15) is 0 Å². The third-order valence-electron chi connectivity index (χ3n) is 3.78. The van der Waals surface area contributed by atoms with Gasteiger partial charge < -0.3 is 5.32 Å². The minimum absolute atomic E-state index is 0.571. The van der Waals surface area contributed by atoms with E-state index in [2.05, 4.69) is 41.3 Å². The number of fused-ring (bicyclic) bond motifs is 1.